The second-order valence-electron chi connectivity index (χ2n) is 8.99. The summed E-state index contributed by atoms with van der Waals surface area (Å²) < 4.78 is 11.1. The third-order valence-corrected chi connectivity index (χ3v) is 5.68. The molecule has 13 heteroatoms. The molecule has 0 atom stereocenters. The quantitative estimate of drug-likeness (QED) is 0.335. The summed E-state index contributed by atoms with van der Waals surface area (Å²) in [5.41, 5.74) is 1.72. The highest BCUT2D eigenvalue weighted by Crippen LogP contribution is 2.38. The molecule has 2 heterocycles. The zero-order chi connectivity index (χ0) is 26.6. The number of anilines is 2. The van der Waals surface area contributed by atoms with Gasteiger partial charge < -0.3 is 19.8 Å². The molecule has 0 bridgehead atoms. The summed E-state index contributed by atoms with van der Waals surface area (Å²) in [4.78, 5) is 39.1. The molecule has 2 aromatic heterocycles. The van der Waals surface area contributed by atoms with E-state index in [9.17, 15) is 14.4 Å². The Balaban J connectivity index is 1.99. The monoisotopic (exact) mass is 538 g/mol. The van der Waals surface area contributed by atoms with E-state index in [0.29, 0.717) is 39.9 Å². The first-order valence-corrected chi connectivity index (χ1v) is 12.0. The maximum Gasteiger partial charge on any atom is 0.411 e. The van der Waals surface area contributed by atoms with Crippen molar-refractivity contribution in [3.8, 4) is 11.4 Å². The molecular weight excluding hydrogens is 511 g/mol. The second kappa shape index (κ2) is 11.2. The summed E-state index contributed by atoms with van der Waals surface area (Å²) in [7, 11) is 1.25. The molecule has 0 aliphatic heterocycles. The summed E-state index contributed by atoms with van der Waals surface area (Å²) in [6.07, 6.45) is -0.224. The van der Waals surface area contributed by atoms with Crippen LogP contribution in [0, 0.1) is 0 Å². The minimum atomic E-state index is -0.701. The van der Waals surface area contributed by atoms with Crippen LogP contribution in [0.3, 0.4) is 0 Å². The van der Waals surface area contributed by atoms with E-state index in [1.807, 2.05) is 27.7 Å². The third kappa shape index (κ3) is 6.27. The Labute approximate surface area is 217 Å². The summed E-state index contributed by atoms with van der Waals surface area (Å²) in [6, 6.07) is 3.01. The lowest BCUT2D eigenvalue weighted by Crippen LogP contribution is -2.17. The average molecular weight is 539 g/mol. The zero-order valence-electron chi connectivity index (χ0n) is 20.6. The lowest BCUT2D eigenvalue weighted by Gasteiger charge is -2.15. The Bertz CT molecular complexity index is 1290. The first-order chi connectivity index (χ1) is 16.9. The van der Waals surface area contributed by atoms with Crippen LogP contribution < -0.4 is 10.6 Å². The number of ether oxygens (including phenoxy) is 2. The number of benzene rings is 1. The van der Waals surface area contributed by atoms with E-state index in [1.165, 1.54) is 23.9 Å². The molecule has 3 N–H and O–H groups in total. The van der Waals surface area contributed by atoms with Gasteiger partial charge in [-0.3, -0.25) is 14.9 Å². The molecule has 11 nitrogen and oxygen atoms in total. The van der Waals surface area contributed by atoms with E-state index in [0.717, 1.165) is 0 Å². The Morgan fingerprint density at radius 1 is 1.11 bits per heavy atom. The van der Waals surface area contributed by atoms with E-state index in [1.54, 1.807) is 0 Å². The van der Waals surface area contributed by atoms with Gasteiger partial charge in [0.25, 0.3) is 0 Å². The van der Waals surface area contributed by atoms with Crippen LogP contribution in [-0.2, 0) is 24.5 Å². The first-order valence-electron chi connectivity index (χ1n) is 11.2. The van der Waals surface area contributed by atoms with Gasteiger partial charge in [-0.05, 0) is 18.6 Å². The fraction of sp³-hybridized carbons (Fsp3) is 0.435. The second-order valence-corrected chi connectivity index (χ2v) is 9.78. The molecule has 0 saturated heterocycles. The number of methoxy groups -OCH3 is 1. The fourth-order valence-corrected chi connectivity index (χ4v) is 4.04. The minimum Gasteiger partial charge on any atom is -0.469 e. The predicted octanol–water partition coefficient (Wildman–Crippen LogP) is 5.18. The molecular formula is C23H28Cl2N6O5. The molecule has 1 aromatic carbocycles. The van der Waals surface area contributed by atoms with E-state index < -0.39 is 18.0 Å². The van der Waals surface area contributed by atoms with Gasteiger partial charge in [0, 0.05) is 17.5 Å². The standard InChI is InChI=1S/C23H28Cl2N6O5/c1-6-9-36-22(34)27-14-11-12(26-15(32)7-8-16(33)35-5)10-13(24)17(14)20-28-21-18(25)19(23(2,3)4)29-31(21)30-20/h10-11H,6-9H2,1-5H3,(H,26,32)(H,27,34)(H,28,30). The van der Waals surface area contributed by atoms with Crippen LogP contribution in [0.2, 0.25) is 10.0 Å². The van der Waals surface area contributed by atoms with Crippen molar-refractivity contribution in [2.24, 2.45) is 0 Å². The Morgan fingerprint density at radius 3 is 2.44 bits per heavy atom. The third-order valence-electron chi connectivity index (χ3n) is 5.02. The SMILES string of the molecule is CCCOC(=O)Nc1cc(NC(=O)CCC(=O)OC)cc(Cl)c1-c1nn2nc(C(C)(C)C)c(Cl)c2[nH]1. The van der Waals surface area contributed by atoms with Gasteiger partial charge in [-0.15, -0.1) is 9.73 Å². The number of H-pyrrole nitrogens is 1. The number of carbonyl (C=O) groups is 3. The highest BCUT2D eigenvalue weighted by atomic mass is 35.5. The number of hydrogen-bond acceptors (Lipinski definition) is 7. The van der Waals surface area contributed by atoms with E-state index in [-0.39, 0.29) is 35.6 Å². The lowest BCUT2D eigenvalue weighted by atomic mass is 9.92. The number of halogens is 2. The smallest absolute Gasteiger partial charge is 0.411 e. The number of nitrogens with one attached hydrogen (secondary N) is 3. The molecule has 0 saturated carbocycles. The number of rotatable bonds is 8. The molecule has 0 spiro atoms. The van der Waals surface area contributed by atoms with Gasteiger partial charge in [-0.2, -0.15) is 5.10 Å². The van der Waals surface area contributed by atoms with Gasteiger partial charge in [0.1, 0.15) is 5.02 Å². The van der Waals surface area contributed by atoms with Gasteiger partial charge in [0.15, 0.2) is 11.5 Å². The van der Waals surface area contributed by atoms with Crippen LogP contribution in [0.1, 0.15) is 52.7 Å². The predicted molar refractivity (Wildman–Crippen MR) is 137 cm³/mol. The molecule has 0 radical (unpaired) electrons. The van der Waals surface area contributed by atoms with E-state index in [2.05, 4.69) is 30.6 Å². The summed E-state index contributed by atoms with van der Waals surface area (Å²) in [5, 5.41) is 14.9. The summed E-state index contributed by atoms with van der Waals surface area (Å²) in [6.45, 7) is 8.05. The number of aromatic nitrogens is 4. The lowest BCUT2D eigenvalue weighted by molar-refractivity contribution is -0.141. The van der Waals surface area contributed by atoms with Crippen molar-refractivity contribution in [3.05, 3.63) is 27.9 Å². The molecule has 2 amide bonds. The molecule has 3 aromatic rings. The van der Waals surface area contributed by atoms with Crippen molar-refractivity contribution < 1.29 is 23.9 Å². The highest BCUT2D eigenvalue weighted by Gasteiger charge is 2.26. The number of fused-ring (bicyclic) bond motifs is 1. The van der Waals surface area contributed by atoms with Crippen molar-refractivity contribution in [3.63, 3.8) is 0 Å². The largest absolute Gasteiger partial charge is 0.469 e. The molecule has 3 rings (SSSR count). The van der Waals surface area contributed by atoms with Gasteiger partial charge in [-0.1, -0.05) is 50.9 Å². The van der Waals surface area contributed by atoms with Gasteiger partial charge in [0.2, 0.25) is 5.91 Å². The number of amides is 2. The molecule has 0 unspecified atom stereocenters. The molecule has 194 valence electrons. The van der Waals surface area contributed by atoms with Crippen molar-refractivity contribution in [2.75, 3.05) is 24.4 Å². The number of carbonyl (C=O) groups excluding carboxylic acids is 3. The Kier molecular flexibility index (Phi) is 8.47. The number of hydrogen-bond donors (Lipinski definition) is 3. The normalized spacial score (nSPS) is 11.4. The number of nitrogens with zero attached hydrogens (tertiary/aromatic N) is 3. The average Bonchev–Trinajstić information content (AvgIpc) is 3.34. The van der Waals surface area contributed by atoms with Crippen molar-refractivity contribution in [1.29, 1.82) is 0 Å². The van der Waals surface area contributed by atoms with Crippen molar-refractivity contribution in [2.45, 2.75) is 52.4 Å². The zero-order valence-corrected chi connectivity index (χ0v) is 22.1. The number of aromatic amines is 1. The van der Waals surface area contributed by atoms with Crippen molar-refractivity contribution >= 4 is 58.2 Å². The van der Waals surface area contributed by atoms with Crippen molar-refractivity contribution in [1.82, 2.24) is 19.8 Å². The Morgan fingerprint density at radius 2 is 1.83 bits per heavy atom. The topological polar surface area (TPSA) is 140 Å². The van der Waals surface area contributed by atoms with Gasteiger partial charge >= 0.3 is 12.1 Å². The van der Waals surface area contributed by atoms with Crippen LogP contribution in [-0.4, -0.2) is 51.5 Å². The maximum absolute atomic E-state index is 12.4. The van der Waals surface area contributed by atoms with Crippen LogP contribution in [0.25, 0.3) is 17.0 Å². The fourth-order valence-electron chi connectivity index (χ4n) is 3.29. The highest BCUT2D eigenvalue weighted by molar-refractivity contribution is 6.35. The first kappa shape index (κ1) is 27.3. The van der Waals surface area contributed by atoms with Gasteiger partial charge in [0.05, 0.1) is 42.1 Å². The van der Waals surface area contributed by atoms with Crippen LogP contribution in [0.15, 0.2) is 12.1 Å². The molecule has 0 aliphatic rings. The molecule has 0 fully saturated rings. The van der Waals surface area contributed by atoms with Crippen LogP contribution in [0.4, 0.5) is 16.2 Å². The van der Waals surface area contributed by atoms with Gasteiger partial charge in [-0.25, -0.2) is 4.79 Å². The van der Waals surface area contributed by atoms with E-state index in [4.69, 9.17) is 27.9 Å². The molecule has 0 aliphatic carbocycles. The van der Waals surface area contributed by atoms with Crippen LogP contribution >= 0.6 is 23.2 Å². The number of esters is 1. The van der Waals surface area contributed by atoms with E-state index >= 15 is 0 Å². The maximum atomic E-state index is 12.4. The molecule has 36 heavy (non-hydrogen) atoms. The Hall–Kier alpha value is -3.31. The minimum absolute atomic E-state index is 0.0773. The summed E-state index contributed by atoms with van der Waals surface area (Å²) >= 11 is 13.1. The summed E-state index contributed by atoms with van der Waals surface area (Å²) in [5.74, 6) is -0.642. The van der Waals surface area contributed by atoms with Crippen LogP contribution in [0.5, 0.6) is 0 Å².